The molecule has 0 aliphatic heterocycles. The molecule has 1 aromatic carbocycles. The van der Waals surface area contributed by atoms with Crippen molar-refractivity contribution in [1.29, 1.82) is 0 Å². The highest BCUT2D eigenvalue weighted by atomic mass is 19.4. The molecule has 0 radical (unpaired) electrons. The zero-order valence-corrected chi connectivity index (χ0v) is 7.08. The predicted molar refractivity (Wildman–Crippen MR) is 44.4 cm³/mol. The van der Waals surface area contributed by atoms with Crippen LogP contribution >= 0.6 is 0 Å². The maximum atomic E-state index is 12.3. The smallest absolute Gasteiger partial charge is 0.258 e. The average Bonchev–Trinajstić information content (AvgIpc) is 2.15. The lowest BCUT2D eigenvalue weighted by Crippen LogP contribution is -2.05. The van der Waals surface area contributed by atoms with Gasteiger partial charge in [-0.3, -0.25) is 10.1 Å². The van der Waals surface area contributed by atoms with Crippen LogP contribution in [-0.2, 0) is 6.18 Å². The molecule has 0 amide bonds. The lowest BCUT2D eigenvalue weighted by molar-refractivity contribution is -0.385. The highest BCUT2D eigenvalue weighted by Gasteiger charge is 2.34. The third-order valence-corrected chi connectivity index (χ3v) is 1.62. The molecule has 0 N–H and O–H groups in total. The van der Waals surface area contributed by atoms with Gasteiger partial charge in [0.1, 0.15) is 0 Å². The molecular weight excluding hydrogens is 213 g/mol. The molecule has 0 atom stereocenters. The molecule has 1 aromatic rings. The minimum atomic E-state index is -4.76. The van der Waals surface area contributed by atoms with Crippen LogP contribution in [0.15, 0.2) is 18.2 Å². The molecule has 4 nitrogen and oxygen atoms in total. The van der Waals surface area contributed by atoms with Crippen molar-refractivity contribution in [1.82, 2.24) is 0 Å². The van der Waals surface area contributed by atoms with Crippen molar-refractivity contribution in [2.24, 2.45) is 0 Å². The Hall–Kier alpha value is -2.10. The maximum Gasteiger partial charge on any atom is 0.407 e. The minimum Gasteiger partial charge on any atom is -0.258 e. The van der Waals surface area contributed by atoms with E-state index in [9.17, 15) is 23.3 Å². The number of non-ortho nitro benzene ring substituents is 1. The molecule has 78 valence electrons. The second kappa shape index (κ2) is 3.57. The molecule has 0 aromatic heterocycles. The summed E-state index contributed by atoms with van der Waals surface area (Å²) in [5.41, 5.74) is -2.62. The van der Waals surface area contributed by atoms with Crippen LogP contribution in [0.1, 0.15) is 5.56 Å². The van der Waals surface area contributed by atoms with Crippen LogP contribution in [0.2, 0.25) is 0 Å². The van der Waals surface area contributed by atoms with Gasteiger partial charge in [-0.25, -0.2) is 4.85 Å². The molecule has 0 aliphatic carbocycles. The summed E-state index contributed by atoms with van der Waals surface area (Å²) in [6, 6.07) is 2.00. The van der Waals surface area contributed by atoms with E-state index in [0.29, 0.717) is 6.07 Å². The van der Waals surface area contributed by atoms with Crippen molar-refractivity contribution in [2.75, 3.05) is 0 Å². The first-order chi connectivity index (χ1) is 6.86. The number of hydrogen-bond acceptors (Lipinski definition) is 2. The van der Waals surface area contributed by atoms with Crippen molar-refractivity contribution in [3.63, 3.8) is 0 Å². The van der Waals surface area contributed by atoms with Crippen LogP contribution in [-0.4, -0.2) is 4.92 Å². The van der Waals surface area contributed by atoms with Gasteiger partial charge in [0.15, 0.2) is 5.69 Å². The number of rotatable bonds is 1. The van der Waals surface area contributed by atoms with Gasteiger partial charge >= 0.3 is 6.18 Å². The van der Waals surface area contributed by atoms with Gasteiger partial charge in [-0.15, -0.1) is 0 Å². The summed E-state index contributed by atoms with van der Waals surface area (Å²) in [4.78, 5) is 11.9. The highest BCUT2D eigenvalue weighted by Crippen LogP contribution is 2.38. The molecule has 0 aliphatic rings. The van der Waals surface area contributed by atoms with E-state index in [1.807, 2.05) is 0 Å². The predicted octanol–water partition coefficient (Wildman–Crippen LogP) is 3.16. The van der Waals surface area contributed by atoms with Crippen LogP contribution in [0.5, 0.6) is 0 Å². The zero-order valence-electron chi connectivity index (χ0n) is 7.08. The first kappa shape index (κ1) is 11.0. The SMILES string of the molecule is [C-]#[N+]c1ccc([N+](=O)[O-])cc1C(F)(F)F. The van der Waals surface area contributed by atoms with Crippen LogP contribution in [0.4, 0.5) is 24.5 Å². The van der Waals surface area contributed by atoms with Crippen LogP contribution in [0, 0.1) is 16.7 Å². The Bertz CT molecular complexity index is 448. The van der Waals surface area contributed by atoms with E-state index >= 15 is 0 Å². The number of hydrogen-bond donors (Lipinski definition) is 0. The molecule has 0 unspecified atom stereocenters. The molecule has 0 saturated carbocycles. The van der Waals surface area contributed by atoms with Gasteiger partial charge in [-0.2, -0.15) is 13.2 Å². The Balaban J connectivity index is 3.40. The first-order valence-electron chi connectivity index (χ1n) is 3.59. The first-order valence-corrected chi connectivity index (χ1v) is 3.59. The summed E-state index contributed by atoms with van der Waals surface area (Å²) in [5.74, 6) is 0. The molecular formula is C8H3F3N2O2. The van der Waals surface area contributed by atoms with Crippen molar-refractivity contribution in [3.8, 4) is 0 Å². The number of halogens is 3. The summed E-state index contributed by atoms with van der Waals surface area (Å²) in [5, 5.41) is 10.2. The Morgan fingerprint density at radius 3 is 2.40 bits per heavy atom. The molecule has 1 rings (SSSR count). The normalized spacial score (nSPS) is 10.8. The summed E-state index contributed by atoms with van der Waals surface area (Å²) < 4.78 is 36.9. The molecule has 0 spiro atoms. The van der Waals surface area contributed by atoms with Gasteiger partial charge in [-0.05, 0) is 6.07 Å². The lowest BCUT2D eigenvalue weighted by Gasteiger charge is -2.07. The van der Waals surface area contributed by atoms with E-state index in [-0.39, 0.29) is 0 Å². The monoisotopic (exact) mass is 216 g/mol. The zero-order chi connectivity index (χ0) is 11.6. The van der Waals surface area contributed by atoms with Crippen LogP contribution in [0.3, 0.4) is 0 Å². The summed E-state index contributed by atoms with van der Waals surface area (Å²) in [6.07, 6.45) is -4.76. The Morgan fingerprint density at radius 1 is 1.40 bits per heavy atom. The van der Waals surface area contributed by atoms with Crippen LogP contribution in [0.25, 0.3) is 4.85 Å². The second-order valence-corrected chi connectivity index (χ2v) is 2.57. The third-order valence-electron chi connectivity index (χ3n) is 1.62. The van der Waals surface area contributed by atoms with E-state index in [1.54, 1.807) is 0 Å². The lowest BCUT2D eigenvalue weighted by atomic mass is 10.1. The van der Waals surface area contributed by atoms with Gasteiger partial charge in [0.2, 0.25) is 0 Å². The fourth-order valence-electron chi connectivity index (χ4n) is 0.962. The minimum absolute atomic E-state index is 0.355. The van der Waals surface area contributed by atoms with E-state index < -0.39 is 28.0 Å². The van der Waals surface area contributed by atoms with E-state index in [2.05, 4.69) is 4.85 Å². The van der Waals surface area contributed by atoms with E-state index in [1.165, 1.54) is 0 Å². The van der Waals surface area contributed by atoms with E-state index in [4.69, 9.17) is 6.57 Å². The van der Waals surface area contributed by atoms with Crippen LogP contribution < -0.4 is 0 Å². The topological polar surface area (TPSA) is 47.5 Å². The molecule has 0 bridgehead atoms. The van der Waals surface area contributed by atoms with Gasteiger partial charge in [0, 0.05) is 12.1 Å². The quantitative estimate of drug-likeness (QED) is 0.411. The second-order valence-electron chi connectivity index (χ2n) is 2.57. The number of nitro groups is 1. The van der Waals surface area contributed by atoms with Gasteiger partial charge in [0.25, 0.3) is 5.69 Å². The summed E-state index contributed by atoms with van der Waals surface area (Å²) in [6.45, 7) is 6.50. The fourth-order valence-corrected chi connectivity index (χ4v) is 0.962. The standard InChI is InChI=1S/C8H3F3N2O2/c1-12-7-3-2-5(13(14)15)4-6(7)8(9,10)11/h2-4H. The number of benzene rings is 1. The Morgan fingerprint density at radius 2 is 2.00 bits per heavy atom. The van der Waals surface area contributed by atoms with Crippen molar-refractivity contribution < 1.29 is 18.1 Å². The Labute approximate surface area is 81.9 Å². The highest BCUT2D eigenvalue weighted by molar-refractivity contribution is 5.58. The number of nitrogens with zero attached hydrogens (tertiary/aromatic N) is 2. The van der Waals surface area contributed by atoms with Gasteiger partial charge < -0.3 is 0 Å². The maximum absolute atomic E-state index is 12.3. The third kappa shape index (κ3) is 2.22. The Kier molecular flexibility index (Phi) is 2.61. The van der Waals surface area contributed by atoms with Gasteiger partial charge in [0.05, 0.1) is 17.1 Å². The molecule has 7 heteroatoms. The van der Waals surface area contributed by atoms with Crippen molar-refractivity contribution >= 4 is 11.4 Å². The number of alkyl halides is 3. The van der Waals surface area contributed by atoms with Crippen molar-refractivity contribution in [2.45, 2.75) is 6.18 Å². The summed E-state index contributed by atoms with van der Waals surface area (Å²) in [7, 11) is 0. The fraction of sp³-hybridized carbons (Fsp3) is 0.125. The molecule has 0 fully saturated rings. The van der Waals surface area contributed by atoms with E-state index in [0.717, 1.165) is 12.1 Å². The van der Waals surface area contributed by atoms with Gasteiger partial charge in [-0.1, -0.05) is 0 Å². The molecule has 0 saturated heterocycles. The summed E-state index contributed by atoms with van der Waals surface area (Å²) >= 11 is 0. The average molecular weight is 216 g/mol. The van der Waals surface area contributed by atoms with Crippen molar-refractivity contribution in [3.05, 3.63) is 45.3 Å². The number of nitro benzene ring substituents is 1. The molecule has 15 heavy (non-hydrogen) atoms. The molecule has 0 heterocycles. The largest absolute Gasteiger partial charge is 0.407 e.